The van der Waals surface area contributed by atoms with E-state index in [1.807, 2.05) is 43.3 Å². The molecule has 1 N–H and O–H groups in total. The van der Waals surface area contributed by atoms with Gasteiger partial charge in [0.2, 0.25) is 0 Å². The molecular weight excluding hydrogens is 403 g/mol. The van der Waals surface area contributed by atoms with Gasteiger partial charge in [0.1, 0.15) is 6.61 Å². The molecular formula is C27H33O3P. The van der Waals surface area contributed by atoms with Crippen LogP contribution in [0.15, 0.2) is 72.8 Å². The Morgan fingerprint density at radius 3 is 2.23 bits per heavy atom. The van der Waals surface area contributed by atoms with Crippen molar-refractivity contribution in [3.05, 3.63) is 89.5 Å². The Labute approximate surface area is 188 Å². The van der Waals surface area contributed by atoms with Crippen LogP contribution >= 0.6 is 8.58 Å². The molecule has 2 unspecified atom stereocenters. The summed E-state index contributed by atoms with van der Waals surface area (Å²) in [6.07, 6.45) is 1.44. The molecule has 0 radical (unpaired) electrons. The lowest BCUT2D eigenvalue weighted by molar-refractivity contribution is 0.200. The molecule has 0 aliphatic rings. The van der Waals surface area contributed by atoms with Gasteiger partial charge in [-0.05, 0) is 42.3 Å². The molecule has 0 fully saturated rings. The predicted octanol–water partition coefficient (Wildman–Crippen LogP) is 6.35. The van der Waals surface area contributed by atoms with Gasteiger partial charge in [-0.1, -0.05) is 89.2 Å². The summed E-state index contributed by atoms with van der Waals surface area (Å²) < 4.78 is 12.1. The minimum atomic E-state index is -0.491. The average Bonchev–Trinajstić information content (AvgIpc) is 2.82. The predicted molar refractivity (Wildman–Crippen MR) is 131 cm³/mol. The number of ether oxygens (including phenoxy) is 2. The third-order valence-electron chi connectivity index (χ3n) is 5.93. The summed E-state index contributed by atoms with van der Waals surface area (Å²) in [5, 5.41) is 11.4. The van der Waals surface area contributed by atoms with Crippen molar-refractivity contribution in [1.82, 2.24) is 0 Å². The maximum atomic E-state index is 10.3. The Bertz CT molecular complexity index is 965. The highest BCUT2D eigenvalue weighted by Crippen LogP contribution is 2.52. The van der Waals surface area contributed by atoms with Gasteiger partial charge in [-0.2, -0.15) is 0 Å². The van der Waals surface area contributed by atoms with Crippen molar-refractivity contribution < 1.29 is 14.6 Å². The Morgan fingerprint density at radius 2 is 1.58 bits per heavy atom. The first-order valence-electron chi connectivity index (χ1n) is 10.9. The molecule has 0 aromatic heterocycles. The second-order valence-corrected chi connectivity index (χ2v) is 9.53. The molecule has 0 bridgehead atoms. The fourth-order valence-corrected chi connectivity index (χ4v) is 5.86. The summed E-state index contributed by atoms with van der Waals surface area (Å²) in [5.74, 6) is 1.58. The van der Waals surface area contributed by atoms with E-state index in [4.69, 9.17) is 9.47 Å². The van der Waals surface area contributed by atoms with E-state index in [1.54, 1.807) is 7.11 Å². The van der Waals surface area contributed by atoms with E-state index in [0.717, 1.165) is 35.5 Å². The van der Waals surface area contributed by atoms with E-state index in [9.17, 15) is 5.11 Å². The van der Waals surface area contributed by atoms with Crippen LogP contribution in [0, 0.1) is 0 Å². The van der Waals surface area contributed by atoms with Gasteiger partial charge in [0, 0.05) is 10.7 Å². The van der Waals surface area contributed by atoms with Gasteiger partial charge in [0.15, 0.2) is 11.5 Å². The van der Waals surface area contributed by atoms with Gasteiger partial charge >= 0.3 is 0 Å². The van der Waals surface area contributed by atoms with Crippen LogP contribution in [0.4, 0.5) is 0 Å². The number of methoxy groups -OCH3 is 1. The van der Waals surface area contributed by atoms with E-state index in [0.29, 0.717) is 15.2 Å². The first-order chi connectivity index (χ1) is 15.0. The molecule has 0 aliphatic carbocycles. The third-order valence-corrected chi connectivity index (χ3v) is 8.11. The molecule has 0 saturated carbocycles. The molecule has 3 rings (SSSR count). The lowest BCUT2D eigenvalue weighted by Gasteiger charge is -2.35. The summed E-state index contributed by atoms with van der Waals surface area (Å²) in [6.45, 7) is 6.80. The highest BCUT2D eigenvalue weighted by Gasteiger charge is 2.34. The molecule has 0 aliphatic heterocycles. The van der Waals surface area contributed by atoms with Crippen molar-refractivity contribution in [2.75, 3.05) is 7.11 Å². The van der Waals surface area contributed by atoms with Crippen molar-refractivity contribution in [3.63, 3.8) is 0 Å². The number of para-hydroxylation sites is 1. The minimum absolute atomic E-state index is 0.106. The standard InChI is InChI=1S/C27H33O3P/c1-5-27(6-2,31-25-18-11-10-15-22(25)20(3)28)23-16-12-17-24(29-4)26(23)30-19-21-13-8-7-9-14-21/h7-18,20,28,31H,5-6,19H2,1-4H3. The summed E-state index contributed by atoms with van der Waals surface area (Å²) in [6, 6.07) is 24.6. The smallest absolute Gasteiger partial charge is 0.165 e. The van der Waals surface area contributed by atoms with E-state index in [1.165, 1.54) is 10.9 Å². The zero-order chi connectivity index (χ0) is 22.3. The maximum Gasteiger partial charge on any atom is 0.165 e. The number of aliphatic hydroxyl groups excluding tert-OH is 1. The summed E-state index contributed by atoms with van der Waals surface area (Å²) >= 11 is 0. The highest BCUT2D eigenvalue weighted by atomic mass is 31.1. The highest BCUT2D eigenvalue weighted by molar-refractivity contribution is 7.48. The van der Waals surface area contributed by atoms with Crippen LogP contribution in [-0.4, -0.2) is 12.2 Å². The molecule has 3 nitrogen and oxygen atoms in total. The fourth-order valence-electron chi connectivity index (χ4n) is 4.04. The first-order valence-corrected chi connectivity index (χ1v) is 11.9. The van der Waals surface area contributed by atoms with Crippen LogP contribution in [-0.2, 0) is 11.8 Å². The van der Waals surface area contributed by atoms with Crippen LogP contribution in [0.1, 0.15) is 56.4 Å². The van der Waals surface area contributed by atoms with Crippen molar-refractivity contribution in [3.8, 4) is 11.5 Å². The van der Waals surface area contributed by atoms with Gasteiger partial charge in [0.05, 0.1) is 13.2 Å². The Balaban J connectivity index is 2.04. The second kappa shape index (κ2) is 10.8. The van der Waals surface area contributed by atoms with E-state index in [2.05, 4.69) is 50.2 Å². The van der Waals surface area contributed by atoms with Crippen LogP contribution in [0.3, 0.4) is 0 Å². The van der Waals surface area contributed by atoms with Crippen LogP contribution < -0.4 is 14.8 Å². The number of hydrogen-bond acceptors (Lipinski definition) is 3. The second-order valence-electron chi connectivity index (χ2n) is 7.79. The molecule has 0 heterocycles. The molecule has 4 heteroatoms. The molecule has 31 heavy (non-hydrogen) atoms. The fraction of sp³-hybridized carbons (Fsp3) is 0.333. The van der Waals surface area contributed by atoms with Gasteiger partial charge in [0.25, 0.3) is 0 Å². The van der Waals surface area contributed by atoms with Gasteiger partial charge in [-0.3, -0.25) is 0 Å². The van der Waals surface area contributed by atoms with Crippen molar-refractivity contribution in [2.24, 2.45) is 0 Å². The van der Waals surface area contributed by atoms with Gasteiger partial charge < -0.3 is 14.6 Å². The molecule has 0 saturated heterocycles. The van der Waals surface area contributed by atoms with E-state index >= 15 is 0 Å². The number of aliphatic hydroxyl groups is 1. The monoisotopic (exact) mass is 436 g/mol. The average molecular weight is 437 g/mol. The zero-order valence-corrected chi connectivity index (χ0v) is 19.9. The molecule has 164 valence electrons. The quantitative estimate of drug-likeness (QED) is 0.377. The van der Waals surface area contributed by atoms with Crippen LogP contribution in [0.25, 0.3) is 0 Å². The van der Waals surface area contributed by atoms with Gasteiger partial charge in [-0.15, -0.1) is 0 Å². The summed E-state index contributed by atoms with van der Waals surface area (Å²) in [7, 11) is 2.20. The van der Waals surface area contributed by atoms with Crippen LogP contribution in [0.5, 0.6) is 11.5 Å². The normalized spacial score (nSPS) is 12.8. The van der Waals surface area contributed by atoms with Crippen molar-refractivity contribution >= 4 is 13.9 Å². The lowest BCUT2D eigenvalue weighted by Crippen LogP contribution is -2.24. The summed E-state index contributed by atoms with van der Waals surface area (Å²) in [4.78, 5) is 0. The molecule has 3 aromatic carbocycles. The van der Waals surface area contributed by atoms with Crippen molar-refractivity contribution in [1.29, 1.82) is 0 Å². The van der Waals surface area contributed by atoms with Crippen molar-refractivity contribution in [2.45, 2.75) is 51.5 Å². The SMILES string of the molecule is CCC(CC)(Pc1ccccc1C(C)O)c1cccc(OC)c1OCc1ccccc1. The topological polar surface area (TPSA) is 38.7 Å². The van der Waals surface area contributed by atoms with Gasteiger partial charge in [-0.25, -0.2) is 0 Å². The van der Waals surface area contributed by atoms with E-state index < -0.39 is 6.10 Å². The Kier molecular flexibility index (Phi) is 8.12. The number of benzene rings is 3. The van der Waals surface area contributed by atoms with E-state index in [-0.39, 0.29) is 5.16 Å². The lowest BCUT2D eigenvalue weighted by atomic mass is 9.91. The molecule has 0 amide bonds. The minimum Gasteiger partial charge on any atom is -0.493 e. The molecule has 2 atom stereocenters. The number of rotatable bonds is 10. The zero-order valence-electron chi connectivity index (χ0n) is 18.9. The molecule has 3 aromatic rings. The largest absolute Gasteiger partial charge is 0.493 e. The van der Waals surface area contributed by atoms with Crippen LogP contribution in [0.2, 0.25) is 0 Å². The summed E-state index contributed by atoms with van der Waals surface area (Å²) in [5.41, 5.74) is 3.30. The maximum absolute atomic E-state index is 10.3. The first kappa shape index (κ1) is 23.3. The third kappa shape index (κ3) is 5.29. The number of hydrogen-bond donors (Lipinski definition) is 1. The molecule has 0 spiro atoms. The Hall–Kier alpha value is -2.35. The Morgan fingerprint density at radius 1 is 0.903 bits per heavy atom.